The molecule has 0 saturated carbocycles. The normalized spacial score (nSPS) is 10.9. The van der Waals surface area contributed by atoms with Crippen LogP contribution in [0.25, 0.3) is 0 Å². The van der Waals surface area contributed by atoms with Crippen LogP contribution in [0.2, 0.25) is 0 Å². The molecule has 0 fully saturated rings. The minimum Gasteiger partial charge on any atom is -0.478 e. The van der Waals surface area contributed by atoms with Crippen molar-refractivity contribution in [2.75, 3.05) is 6.61 Å². The molecular formula is C14H16O6. The van der Waals surface area contributed by atoms with Crippen molar-refractivity contribution in [1.82, 2.24) is 0 Å². The fourth-order valence-corrected chi connectivity index (χ4v) is 1.39. The van der Waals surface area contributed by atoms with Gasteiger partial charge in [0.2, 0.25) is 0 Å². The second kappa shape index (κ2) is 5.73. The highest BCUT2D eigenvalue weighted by Crippen LogP contribution is 2.17. The summed E-state index contributed by atoms with van der Waals surface area (Å²) in [7, 11) is 0. The number of carboxylic acids is 2. The molecule has 20 heavy (non-hydrogen) atoms. The highest BCUT2D eigenvalue weighted by atomic mass is 16.5. The largest absolute Gasteiger partial charge is 0.478 e. The molecule has 1 aromatic carbocycles. The van der Waals surface area contributed by atoms with E-state index in [1.165, 1.54) is 0 Å². The maximum absolute atomic E-state index is 11.9. The van der Waals surface area contributed by atoms with Crippen molar-refractivity contribution >= 4 is 17.9 Å². The maximum atomic E-state index is 11.9. The highest BCUT2D eigenvalue weighted by molar-refractivity contribution is 6.04. The van der Waals surface area contributed by atoms with Gasteiger partial charge in [-0.05, 0) is 23.6 Å². The van der Waals surface area contributed by atoms with Gasteiger partial charge in [0, 0.05) is 0 Å². The second-order valence-corrected chi connectivity index (χ2v) is 5.51. The van der Waals surface area contributed by atoms with Crippen LogP contribution in [0.4, 0.5) is 0 Å². The van der Waals surface area contributed by atoms with Crippen molar-refractivity contribution in [3.63, 3.8) is 0 Å². The summed E-state index contributed by atoms with van der Waals surface area (Å²) in [5, 5.41) is 17.9. The molecule has 108 valence electrons. The Bertz CT molecular complexity index is 553. The molecule has 0 unspecified atom stereocenters. The molecule has 0 aliphatic carbocycles. The van der Waals surface area contributed by atoms with E-state index in [9.17, 15) is 14.4 Å². The molecule has 6 nitrogen and oxygen atoms in total. The van der Waals surface area contributed by atoms with Gasteiger partial charge in [0.25, 0.3) is 0 Å². The number of ether oxygens (including phenoxy) is 1. The van der Waals surface area contributed by atoms with Gasteiger partial charge in [-0.2, -0.15) is 0 Å². The minimum absolute atomic E-state index is 0.0994. The van der Waals surface area contributed by atoms with Crippen molar-refractivity contribution in [2.45, 2.75) is 20.8 Å². The van der Waals surface area contributed by atoms with Crippen LogP contribution in [-0.2, 0) is 4.74 Å². The van der Waals surface area contributed by atoms with E-state index >= 15 is 0 Å². The molecule has 0 amide bonds. The van der Waals surface area contributed by atoms with Crippen LogP contribution in [0, 0.1) is 5.41 Å². The van der Waals surface area contributed by atoms with E-state index in [-0.39, 0.29) is 28.7 Å². The fourth-order valence-electron chi connectivity index (χ4n) is 1.39. The highest BCUT2D eigenvalue weighted by Gasteiger charge is 2.22. The van der Waals surface area contributed by atoms with E-state index in [1.54, 1.807) is 0 Å². The van der Waals surface area contributed by atoms with Gasteiger partial charge in [0.05, 0.1) is 23.3 Å². The molecule has 0 bridgehead atoms. The predicted molar refractivity (Wildman–Crippen MR) is 70.1 cm³/mol. The zero-order valence-corrected chi connectivity index (χ0v) is 11.5. The van der Waals surface area contributed by atoms with Crippen molar-refractivity contribution in [3.05, 3.63) is 34.9 Å². The summed E-state index contributed by atoms with van der Waals surface area (Å²) in [5.41, 5.74) is -0.989. The van der Waals surface area contributed by atoms with E-state index < -0.39 is 17.9 Å². The molecule has 0 atom stereocenters. The first-order valence-electron chi connectivity index (χ1n) is 5.89. The summed E-state index contributed by atoms with van der Waals surface area (Å²) in [5.74, 6) is -3.41. The van der Waals surface area contributed by atoms with Gasteiger partial charge in [-0.15, -0.1) is 0 Å². The van der Waals surface area contributed by atoms with Crippen LogP contribution in [0.5, 0.6) is 0 Å². The van der Waals surface area contributed by atoms with Crippen molar-refractivity contribution in [3.8, 4) is 0 Å². The lowest BCUT2D eigenvalue weighted by molar-refractivity contribution is 0.0361. The van der Waals surface area contributed by atoms with Crippen LogP contribution in [-0.4, -0.2) is 34.7 Å². The smallest absolute Gasteiger partial charge is 0.339 e. The fraction of sp³-hybridized carbons (Fsp3) is 0.357. The Balaban J connectivity index is 3.12. The van der Waals surface area contributed by atoms with Crippen LogP contribution >= 0.6 is 0 Å². The Morgan fingerprint density at radius 2 is 1.65 bits per heavy atom. The molecule has 6 heteroatoms. The Morgan fingerprint density at radius 3 is 2.10 bits per heavy atom. The quantitative estimate of drug-likeness (QED) is 0.820. The lowest BCUT2D eigenvalue weighted by Gasteiger charge is -2.18. The summed E-state index contributed by atoms with van der Waals surface area (Å²) < 4.78 is 5.02. The average molecular weight is 280 g/mol. The number of hydrogen-bond donors (Lipinski definition) is 2. The number of rotatable bonds is 4. The third-order valence-electron chi connectivity index (χ3n) is 2.35. The van der Waals surface area contributed by atoms with Crippen LogP contribution in [0.15, 0.2) is 18.2 Å². The van der Waals surface area contributed by atoms with E-state index in [4.69, 9.17) is 14.9 Å². The molecule has 0 saturated heterocycles. The molecule has 0 aromatic heterocycles. The van der Waals surface area contributed by atoms with Gasteiger partial charge >= 0.3 is 17.9 Å². The summed E-state index contributed by atoms with van der Waals surface area (Å²) in [6, 6.07) is 3.22. The number of aromatic carboxylic acids is 2. The first-order valence-corrected chi connectivity index (χ1v) is 5.89. The molecule has 0 aliphatic rings. The van der Waals surface area contributed by atoms with Crippen LogP contribution < -0.4 is 0 Å². The van der Waals surface area contributed by atoms with Crippen molar-refractivity contribution < 1.29 is 29.3 Å². The van der Waals surface area contributed by atoms with E-state index in [2.05, 4.69) is 0 Å². The standard InChI is InChI=1S/C14H16O6/c1-14(2,3)7-20-13(19)10-6-8(11(15)16)4-5-9(10)12(17)18/h4-6H,7H2,1-3H3,(H,15,16)(H,17,18). The van der Waals surface area contributed by atoms with E-state index in [1.807, 2.05) is 20.8 Å². The van der Waals surface area contributed by atoms with Gasteiger partial charge in [0.1, 0.15) is 0 Å². The first kappa shape index (κ1) is 15.7. The first-order chi connectivity index (χ1) is 9.11. The van der Waals surface area contributed by atoms with Crippen LogP contribution in [0.3, 0.4) is 0 Å². The zero-order valence-electron chi connectivity index (χ0n) is 11.5. The van der Waals surface area contributed by atoms with Gasteiger partial charge in [-0.1, -0.05) is 20.8 Å². The molecule has 0 spiro atoms. The average Bonchev–Trinajstić information content (AvgIpc) is 2.34. The number of carbonyl (C=O) groups excluding carboxylic acids is 1. The summed E-state index contributed by atoms with van der Waals surface area (Å²) in [6.45, 7) is 5.66. The van der Waals surface area contributed by atoms with Gasteiger partial charge in [0.15, 0.2) is 0 Å². The second-order valence-electron chi connectivity index (χ2n) is 5.51. The third kappa shape index (κ3) is 4.08. The van der Waals surface area contributed by atoms with E-state index in [0.717, 1.165) is 18.2 Å². The summed E-state index contributed by atoms with van der Waals surface area (Å²) >= 11 is 0. The van der Waals surface area contributed by atoms with Gasteiger partial charge < -0.3 is 14.9 Å². The lowest BCUT2D eigenvalue weighted by atomic mass is 9.98. The maximum Gasteiger partial charge on any atom is 0.339 e. The molecule has 0 heterocycles. The Hall–Kier alpha value is -2.37. The molecule has 0 radical (unpaired) electrons. The number of carboxylic acid groups (broad SMARTS) is 2. The van der Waals surface area contributed by atoms with Gasteiger partial charge in [-0.25, -0.2) is 14.4 Å². The molecule has 1 aromatic rings. The van der Waals surface area contributed by atoms with Crippen LogP contribution in [0.1, 0.15) is 51.8 Å². The minimum atomic E-state index is -1.32. The molecule has 0 aliphatic heterocycles. The number of esters is 1. The number of hydrogen-bond acceptors (Lipinski definition) is 4. The Labute approximate surface area is 116 Å². The van der Waals surface area contributed by atoms with Crippen molar-refractivity contribution in [2.24, 2.45) is 5.41 Å². The number of carbonyl (C=O) groups is 3. The molecule has 2 N–H and O–H groups in total. The molecule has 1 rings (SSSR count). The Kier molecular flexibility index (Phi) is 4.49. The summed E-state index contributed by atoms with van der Waals surface area (Å²) in [4.78, 5) is 33.8. The predicted octanol–water partition coefficient (Wildman–Crippen LogP) is 2.29. The monoisotopic (exact) mass is 280 g/mol. The summed E-state index contributed by atoms with van der Waals surface area (Å²) in [6.07, 6.45) is 0. The van der Waals surface area contributed by atoms with Gasteiger partial charge in [-0.3, -0.25) is 0 Å². The third-order valence-corrected chi connectivity index (χ3v) is 2.35. The lowest BCUT2D eigenvalue weighted by Crippen LogP contribution is -2.20. The zero-order chi connectivity index (χ0) is 15.5. The van der Waals surface area contributed by atoms with E-state index in [0.29, 0.717) is 0 Å². The molecular weight excluding hydrogens is 264 g/mol. The van der Waals surface area contributed by atoms with Crippen molar-refractivity contribution in [1.29, 1.82) is 0 Å². The Morgan fingerprint density at radius 1 is 1.05 bits per heavy atom. The topological polar surface area (TPSA) is 101 Å². The number of benzene rings is 1. The SMILES string of the molecule is CC(C)(C)COC(=O)c1cc(C(=O)O)ccc1C(=O)O.